The fraction of sp³-hybridized carbons (Fsp3) is 0.280. The number of unbranched alkanes of at least 4 members (excludes halogenated alkanes) is 1. The van der Waals surface area contributed by atoms with Crippen LogP contribution in [-0.4, -0.2) is 21.2 Å². The van der Waals surface area contributed by atoms with Crippen molar-refractivity contribution in [3.8, 4) is 5.75 Å². The van der Waals surface area contributed by atoms with Gasteiger partial charge in [-0.1, -0.05) is 43.1 Å². The minimum Gasteiger partial charge on any atom is -0.508 e. The molecule has 0 saturated heterocycles. The Labute approximate surface area is 179 Å². The molecule has 2 atom stereocenters. The highest BCUT2D eigenvalue weighted by Crippen LogP contribution is 2.52. The molecule has 5 rings (SSSR count). The standard InChI is InChI=1S/C25H22ClNO3/c1-2-3-10-27-19-9-8-14(28)11-17(19)23-20(27)12-16(15-6-4-5-7-18(15)26)24-21(29)13-22(30)25(23)24/h4-9,11-12,24-25,28H,2-3,10,13H2,1H3. The van der Waals surface area contributed by atoms with Crippen LogP contribution in [0.2, 0.25) is 5.02 Å². The molecule has 0 aliphatic heterocycles. The molecular formula is C25H22ClNO3. The lowest BCUT2D eigenvalue weighted by Gasteiger charge is -2.27. The van der Waals surface area contributed by atoms with Crippen molar-refractivity contribution >= 4 is 45.7 Å². The van der Waals surface area contributed by atoms with Gasteiger partial charge < -0.3 is 9.67 Å². The molecule has 30 heavy (non-hydrogen) atoms. The first kappa shape index (κ1) is 19.1. The van der Waals surface area contributed by atoms with Crippen LogP contribution in [0.25, 0.3) is 22.6 Å². The largest absolute Gasteiger partial charge is 0.508 e. The number of aryl methyl sites for hydroxylation is 1. The van der Waals surface area contributed by atoms with E-state index in [0.717, 1.165) is 52.7 Å². The van der Waals surface area contributed by atoms with Crippen LogP contribution in [-0.2, 0) is 16.1 Å². The summed E-state index contributed by atoms with van der Waals surface area (Å²) in [5, 5.41) is 11.6. The molecule has 0 radical (unpaired) electrons. The van der Waals surface area contributed by atoms with Crippen molar-refractivity contribution in [3.05, 3.63) is 64.3 Å². The number of allylic oxidation sites excluding steroid dienone is 1. The summed E-state index contributed by atoms with van der Waals surface area (Å²) < 4.78 is 2.22. The second-order valence-electron chi connectivity index (χ2n) is 8.15. The smallest absolute Gasteiger partial charge is 0.148 e. The fourth-order valence-electron chi connectivity index (χ4n) is 5.05. The van der Waals surface area contributed by atoms with Crippen LogP contribution in [0.1, 0.15) is 48.9 Å². The Balaban J connectivity index is 1.85. The van der Waals surface area contributed by atoms with Crippen molar-refractivity contribution in [2.75, 3.05) is 0 Å². The Morgan fingerprint density at radius 1 is 1.10 bits per heavy atom. The molecule has 2 aliphatic rings. The zero-order valence-electron chi connectivity index (χ0n) is 16.7. The van der Waals surface area contributed by atoms with Crippen LogP contribution in [0.4, 0.5) is 0 Å². The van der Waals surface area contributed by atoms with Crippen molar-refractivity contribution < 1.29 is 14.7 Å². The Morgan fingerprint density at radius 2 is 1.87 bits per heavy atom. The average molecular weight is 420 g/mol. The first-order chi connectivity index (χ1) is 14.5. The highest BCUT2D eigenvalue weighted by Gasteiger charge is 2.49. The Kier molecular flexibility index (Phi) is 4.55. The van der Waals surface area contributed by atoms with E-state index in [1.54, 1.807) is 12.1 Å². The monoisotopic (exact) mass is 419 g/mol. The van der Waals surface area contributed by atoms with Gasteiger partial charge in [0, 0.05) is 28.2 Å². The molecule has 4 nitrogen and oxygen atoms in total. The second kappa shape index (κ2) is 7.13. The number of carbonyl (C=O) groups is 2. The van der Waals surface area contributed by atoms with Gasteiger partial charge in [-0.3, -0.25) is 9.59 Å². The number of hydrogen-bond acceptors (Lipinski definition) is 3. The molecule has 0 bridgehead atoms. The van der Waals surface area contributed by atoms with E-state index in [4.69, 9.17) is 11.6 Å². The number of phenolic OH excluding ortho intramolecular Hbond substituents is 1. The first-order valence-electron chi connectivity index (χ1n) is 10.4. The molecule has 3 aromatic rings. The minimum atomic E-state index is -0.532. The summed E-state index contributed by atoms with van der Waals surface area (Å²) in [6, 6.07) is 12.8. The van der Waals surface area contributed by atoms with E-state index in [-0.39, 0.29) is 23.7 Å². The number of halogens is 1. The van der Waals surface area contributed by atoms with E-state index in [1.165, 1.54) is 0 Å². The molecule has 1 aromatic heterocycles. The van der Waals surface area contributed by atoms with Crippen LogP contribution >= 0.6 is 11.6 Å². The SMILES string of the molecule is CCCCn1c2c(c3cc(O)ccc31)C1C(=O)CC(=O)C1C(c1ccccc1Cl)=C2. The van der Waals surface area contributed by atoms with Crippen molar-refractivity contribution in [2.24, 2.45) is 5.92 Å². The van der Waals surface area contributed by atoms with Crippen molar-refractivity contribution in [2.45, 2.75) is 38.6 Å². The molecule has 152 valence electrons. The Morgan fingerprint density at radius 3 is 2.63 bits per heavy atom. The van der Waals surface area contributed by atoms with E-state index >= 15 is 0 Å². The number of aromatic nitrogens is 1. The number of carbonyl (C=O) groups excluding carboxylic acids is 2. The highest BCUT2D eigenvalue weighted by atomic mass is 35.5. The molecule has 1 heterocycles. The lowest BCUT2D eigenvalue weighted by molar-refractivity contribution is -0.122. The molecule has 2 unspecified atom stereocenters. The summed E-state index contributed by atoms with van der Waals surface area (Å²) in [5.74, 6) is -1.02. The van der Waals surface area contributed by atoms with Gasteiger partial charge in [-0.2, -0.15) is 0 Å². The molecule has 0 amide bonds. The van der Waals surface area contributed by atoms with Gasteiger partial charge in [-0.15, -0.1) is 0 Å². The lowest BCUT2D eigenvalue weighted by atomic mass is 9.75. The molecule has 1 saturated carbocycles. The molecule has 1 N–H and O–H groups in total. The number of Topliss-reactive ketones (excluding diaryl/α,β-unsaturated/α-hetero) is 2. The van der Waals surface area contributed by atoms with Crippen LogP contribution in [0.5, 0.6) is 5.75 Å². The second-order valence-corrected chi connectivity index (χ2v) is 8.56. The van der Waals surface area contributed by atoms with Gasteiger partial charge in [-0.25, -0.2) is 0 Å². The zero-order chi connectivity index (χ0) is 21.0. The molecule has 5 heteroatoms. The van der Waals surface area contributed by atoms with Gasteiger partial charge in [0.25, 0.3) is 0 Å². The molecule has 1 fully saturated rings. The topological polar surface area (TPSA) is 59.3 Å². The first-order valence-corrected chi connectivity index (χ1v) is 10.8. The zero-order valence-corrected chi connectivity index (χ0v) is 17.4. The maximum atomic E-state index is 13.0. The van der Waals surface area contributed by atoms with Crippen LogP contribution in [0.3, 0.4) is 0 Å². The number of hydrogen-bond donors (Lipinski definition) is 1. The van der Waals surface area contributed by atoms with Gasteiger partial charge in [0.05, 0.1) is 18.3 Å². The van der Waals surface area contributed by atoms with E-state index in [1.807, 2.05) is 36.4 Å². The third kappa shape index (κ3) is 2.74. The van der Waals surface area contributed by atoms with Gasteiger partial charge in [0.2, 0.25) is 0 Å². The number of ketones is 2. The third-order valence-electron chi connectivity index (χ3n) is 6.36. The predicted molar refractivity (Wildman–Crippen MR) is 119 cm³/mol. The summed E-state index contributed by atoms with van der Waals surface area (Å²) in [6.45, 7) is 2.95. The Bertz CT molecular complexity index is 1240. The van der Waals surface area contributed by atoms with Crippen molar-refractivity contribution in [1.29, 1.82) is 0 Å². The quantitative estimate of drug-likeness (QED) is 0.560. The van der Waals surface area contributed by atoms with Crippen LogP contribution in [0, 0.1) is 5.92 Å². The normalized spacial score (nSPS) is 20.4. The van der Waals surface area contributed by atoms with E-state index < -0.39 is 11.8 Å². The average Bonchev–Trinajstić information content (AvgIpc) is 3.19. The predicted octanol–water partition coefficient (Wildman–Crippen LogP) is 5.60. The highest BCUT2D eigenvalue weighted by molar-refractivity contribution is 6.33. The summed E-state index contributed by atoms with van der Waals surface area (Å²) in [6.07, 6.45) is 4.02. The van der Waals surface area contributed by atoms with Crippen molar-refractivity contribution in [1.82, 2.24) is 4.57 Å². The number of phenols is 1. The summed E-state index contributed by atoms with van der Waals surface area (Å²) in [4.78, 5) is 26.0. The van der Waals surface area contributed by atoms with Gasteiger partial charge in [0.15, 0.2) is 0 Å². The van der Waals surface area contributed by atoms with Crippen molar-refractivity contribution in [3.63, 3.8) is 0 Å². The van der Waals surface area contributed by atoms with E-state index in [0.29, 0.717) is 5.02 Å². The van der Waals surface area contributed by atoms with E-state index in [2.05, 4.69) is 11.5 Å². The van der Waals surface area contributed by atoms with Crippen LogP contribution < -0.4 is 0 Å². The molecule has 2 aliphatic carbocycles. The number of rotatable bonds is 4. The van der Waals surface area contributed by atoms with Gasteiger partial charge in [-0.05, 0) is 53.5 Å². The molecular weight excluding hydrogens is 398 g/mol. The maximum absolute atomic E-state index is 13.0. The van der Waals surface area contributed by atoms with E-state index in [9.17, 15) is 14.7 Å². The maximum Gasteiger partial charge on any atom is 0.148 e. The summed E-state index contributed by atoms with van der Waals surface area (Å²) in [7, 11) is 0. The number of fused-ring (bicyclic) bond motifs is 5. The summed E-state index contributed by atoms with van der Waals surface area (Å²) in [5.41, 5.74) is 4.42. The number of aromatic hydroxyl groups is 1. The lowest BCUT2D eigenvalue weighted by Crippen LogP contribution is -2.22. The fourth-order valence-corrected chi connectivity index (χ4v) is 5.29. The third-order valence-corrected chi connectivity index (χ3v) is 6.69. The molecule has 2 aromatic carbocycles. The number of benzene rings is 2. The van der Waals surface area contributed by atoms with Gasteiger partial charge in [0.1, 0.15) is 17.3 Å². The summed E-state index contributed by atoms with van der Waals surface area (Å²) >= 11 is 6.51. The van der Waals surface area contributed by atoms with Crippen LogP contribution in [0.15, 0.2) is 42.5 Å². The minimum absolute atomic E-state index is 0.0539. The number of nitrogens with zero attached hydrogens (tertiary/aromatic N) is 1. The Hall–Kier alpha value is -2.85. The van der Waals surface area contributed by atoms with Gasteiger partial charge >= 0.3 is 0 Å². The molecule has 0 spiro atoms.